The molecule has 4 nitrogen and oxygen atoms in total. The molecule has 0 spiro atoms. The Bertz CT molecular complexity index is 526. The average molecular weight is 340 g/mol. The van der Waals surface area contributed by atoms with Gasteiger partial charge in [-0.3, -0.25) is 9.59 Å². The van der Waals surface area contributed by atoms with Crippen molar-refractivity contribution in [2.75, 3.05) is 13.2 Å². The quantitative estimate of drug-likeness (QED) is 0.748. The zero-order chi connectivity index (χ0) is 14.7. The van der Waals surface area contributed by atoms with Crippen LogP contribution in [-0.2, 0) is 4.79 Å². The number of carbonyl (C=O) groups excluding carboxylic acids is 2. The molecule has 0 unspecified atom stereocenters. The number of aryl methyl sites for hydroxylation is 1. The van der Waals surface area contributed by atoms with Gasteiger partial charge in [0, 0.05) is 17.1 Å². The molecule has 1 aromatic carbocycles. The van der Waals surface area contributed by atoms with Crippen LogP contribution in [0.5, 0.6) is 5.75 Å². The lowest BCUT2D eigenvalue weighted by Gasteiger charge is -2.21. The number of hydrogen-bond donors (Lipinski definition) is 0. The molecule has 0 heterocycles. The predicted molar refractivity (Wildman–Crippen MR) is 80.2 cm³/mol. The fourth-order valence-electron chi connectivity index (χ4n) is 2.28. The van der Waals surface area contributed by atoms with Crippen molar-refractivity contribution in [2.45, 2.75) is 32.7 Å². The molecule has 2 rings (SSSR count). The summed E-state index contributed by atoms with van der Waals surface area (Å²) in [6.45, 7) is 4.51. The molecule has 1 fully saturated rings. The van der Waals surface area contributed by atoms with Gasteiger partial charge >= 0.3 is 0 Å². The van der Waals surface area contributed by atoms with E-state index in [9.17, 15) is 9.59 Å². The Kier molecular flexibility index (Phi) is 4.81. The van der Waals surface area contributed by atoms with Gasteiger partial charge in [0.2, 0.25) is 0 Å². The molecule has 20 heavy (non-hydrogen) atoms. The molecule has 0 radical (unpaired) electrons. The first-order valence-corrected chi connectivity index (χ1v) is 7.53. The number of ether oxygens (including phenoxy) is 1. The van der Waals surface area contributed by atoms with Crippen LogP contribution < -0.4 is 4.74 Å². The Morgan fingerprint density at radius 2 is 2.20 bits per heavy atom. The van der Waals surface area contributed by atoms with Gasteiger partial charge in [-0.25, -0.2) is 0 Å². The van der Waals surface area contributed by atoms with Crippen molar-refractivity contribution in [1.29, 1.82) is 0 Å². The van der Waals surface area contributed by atoms with Crippen LogP contribution in [-0.4, -0.2) is 36.3 Å². The Labute approximate surface area is 127 Å². The van der Waals surface area contributed by atoms with Crippen molar-refractivity contribution in [3.8, 4) is 5.75 Å². The van der Waals surface area contributed by atoms with E-state index in [0.29, 0.717) is 23.9 Å². The molecule has 1 aliphatic rings. The van der Waals surface area contributed by atoms with E-state index in [1.165, 1.54) is 0 Å². The Morgan fingerprint density at radius 3 is 2.75 bits per heavy atom. The molecule has 1 aliphatic carbocycles. The monoisotopic (exact) mass is 339 g/mol. The van der Waals surface area contributed by atoms with Crippen molar-refractivity contribution in [3.05, 3.63) is 27.7 Å². The number of amides is 1. The summed E-state index contributed by atoms with van der Waals surface area (Å²) in [5.74, 6) is 0.470. The molecule has 0 bridgehead atoms. The maximum Gasteiger partial charge on any atom is 0.260 e. The molecule has 1 saturated carbocycles. The highest BCUT2D eigenvalue weighted by atomic mass is 79.9. The van der Waals surface area contributed by atoms with Gasteiger partial charge in [0.05, 0.1) is 5.56 Å². The first kappa shape index (κ1) is 15.0. The van der Waals surface area contributed by atoms with E-state index < -0.39 is 0 Å². The van der Waals surface area contributed by atoms with E-state index in [2.05, 4.69) is 15.9 Å². The van der Waals surface area contributed by atoms with E-state index >= 15 is 0 Å². The van der Waals surface area contributed by atoms with Crippen LogP contribution in [0.3, 0.4) is 0 Å². The SMILES string of the molecule is CCN(C(=O)COc1c(C)cc(Br)cc1C=O)C1CC1. The van der Waals surface area contributed by atoms with Crippen LogP contribution in [0, 0.1) is 6.92 Å². The minimum Gasteiger partial charge on any atom is -0.483 e. The fourth-order valence-corrected chi connectivity index (χ4v) is 2.87. The topological polar surface area (TPSA) is 46.6 Å². The molecular formula is C15H18BrNO3. The number of benzene rings is 1. The molecule has 1 amide bonds. The highest BCUT2D eigenvalue weighted by Crippen LogP contribution is 2.28. The van der Waals surface area contributed by atoms with Crippen molar-refractivity contribution in [3.63, 3.8) is 0 Å². The van der Waals surface area contributed by atoms with Crippen molar-refractivity contribution in [1.82, 2.24) is 4.90 Å². The van der Waals surface area contributed by atoms with Crippen LogP contribution in [0.25, 0.3) is 0 Å². The lowest BCUT2D eigenvalue weighted by molar-refractivity contribution is -0.133. The highest BCUT2D eigenvalue weighted by molar-refractivity contribution is 9.10. The van der Waals surface area contributed by atoms with Gasteiger partial charge in [0.15, 0.2) is 12.9 Å². The third-order valence-corrected chi connectivity index (χ3v) is 3.84. The lowest BCUT2D eigenvalue weighted by atomic mass is 10.1. The number of nitrogens with zero attached hydrogens (tertiary/aromatic N) is 1. The third-order valence-electron chi connectivity index (χ3n) is 3.38. The number of likely N-dealkylation sites (N-methyl/N-ethyl adjacent to an activating group) is 1. The van der Waals surface area contributed by atoms with Gasteiger partial charge in [0.25, 0.3) is 5.91 Å². The number of rotatable bonds is 6. The maximum atomic E-state index is 12.1. The van der Waals surface area contributed by atoms with Crippen LogP contribution in [0.4, 0.5) is 0 Å². The fraction of sp³-hybridized carbons (Fsp3) is 0.467. The Morgan fingerprint density at radius 1 is 1.50 bits per heavy atom. The number of halogens is 1. The Hall–Kier alpha value is -1.36. The molecule has 0 N–H and O–H groups in total. The molecule has 1 aromatic rings. The molecule has 5 heteroatoms. The molecule has 0 saturated heterocycles. The number of hydrogen-bond acceptors (Lipinski definition) is 3. The summed E-state index contributed by atoms with van der Waals surface area (Å²) in [5.41, 5.74) is 1.29. The van der Waals surface area contributed by atoms with Crippen molar-refractivity contribution >= 4 is 28.1 Å². The summed E-state index contributed by atoms with van der Waals surface area (Å²) in [6, 6.07) is 3.94. The molecule has 0 atom stereocenters. The number of carbonyl (C=O) groups is 2. The predicted octanol–water partition coefficient (Wildman–Crippen LogP) is 2.96. The Balaban J connectivity index is 2.06. The number of aldehydes is 1. The van der Waals surface area contributed by atoms with Gasteiger partial charge < -0.3 is 9.64 Å². The van der Waals surface area contributed by atoms with E-state index in [0.717, 1.165) is 29.2 Å². The second-order valence-corrected chi connectivity index (χ2v) is 5.87. The normalized spacial score (nSPS) is 13.9. The largest absolute Gasteiger partial charge is 0.483 e. The van der Waals surface area contributed by atoms with Gasteiger partial charge in [-0.15, -0.1) is 0 Å². The summed E-state index contributed by atoms with van der Waals surface area (Å²) >= 11 is 3.34. The minimum absolute atomic E-state index is 0.0193. The summed E-state index contributed by atoms with van der Waals surface area (Å²) in [4.78, 5) is 25.0. The van der Waals surface area contributed by atoms with Crippen LogP contribution in [0.15, 0.2) is 16.6 Å². The average Bonchev–Trinajstić information content (AvgIpc) is 3.22. The highest BCUT2D eigenvalue weighted by Gasteiger charge is 2.31. The summed E-state index contributed by atoms with van der Waals surface area (Å²) < 4.78 is 6.42. The maximum absolute atomic E-state index is 12.1. The van der Waals surface area contributed by atoms with Crippen LogP contribution in [0.2, 0.25) is 0 Å². The lowest BCUT2D eigenvalue weighted by Crippen LogP contribution is -2.36. The zero-order valence-electron chi connectivity index (χ0n) is 11.7. The summed E-state index contributed by atoms with van der Waals surface area (Å²) in [6.07, 6.45) is 2.91. The van der Waals surface area contributed by atoms with Gasteiger partial charge in [-0.05, 0) is 44.4 Å². The zero-order valence-corrected chi connectivity index (χ0v) is 13.3. The van der Waals surface area contributed by atoms with Gasteiger partial charge in [-0.2, -0.15) is 0 Å². The second-order valence-electron chi connectivity index (χ2n) is 4.96. The first-order valence-electron chi connectivity index (χ1n) is 6.74. The standard InChI is InChI=1S/C15H18BrNO3/c1-3-17(13-4-5-13)14(19)9-20-15-10(2)6-12(16)7-11(15)8-18/h6-8,13H,3-5,9H2,1-2H3. The van der Waals surface area contributed by atoms with Gasteiger partial charge in [-0.1, -0.05) is 15.9 Å². The first-order chi connectivity index (χ1) is 9.56. The molecule has 0 aliphatic heterocycles. The third kappa shape index (κ3) is 3.39. The van der Waals surface area contributed by atoms with Crippen LogP contribution >= 0.6 is 15.9 Å². The minimum atomic E-state index is -0.0202. The van der Waals surface area contributed by atoms with E-state index in [1.807, 2.05) is 24.8 Å². The second kappa shape index (κ2) is 6.39. The molecular weight excluding hydrogens is 322 g/mol. The summed E-state index contributed by atoms with van der Waals surface area (Å²) in [7, 11) is 0. The summed E-state index contributed by atoms with van der Waals surface area (Å²) in [5, 5.41) is 0. The van der Waals surface area contributed by atoms with E-state index in [-0.39, 0.29) is 12.5 Å². The molecule has 0 aromatic heterocycles. The van der Waals surface area contributed by atoms with Crippen LogP contribution in [0.1, 0.15) is 35.7 Å². The smallest absolute Gasteiger partial charge is 0.260 e. The molecule has 108 valence electrons. The van der Waals surface area contributed by atoms with Crippen molar-refractivity contribution < 1.29 is 14.3 Å². The van der Waals surface area contributed by atoms with Gasteiger partial charge in [0.1, 0.15) is 5.75 Å². The van der Waals surface area contributed by atoms with E-state index in [1.54, 1.807) is 6.07 Å². The van der Waals surface area contributed by atoms with Crippen molar-refractivity contribution in [2.24, 2.45) is 0 Å². The van der Waals surface area contributed by atoms with E-state index in [4.69, 9.17) is 4.74 Å².